The molecule has 0 spiro atoms. The maximum absolute atomic E-state index is 14.0. The summed E-state index contributed by atoms with van der Waals surface area (Å²) in [7, 11) is 0. The lowest BCUT2D eigenvalue weighted by Gasteiger charge is -2.28. The van der Waals surface area contributed by atoms with E-state index in [9.17, 15) is 14.4 Å². The van der Waals surface area contributed by atoms with Gasteiger partial charge in [-0.15, -0.1) is 0 Å². The number of hydrogen-bond donors (Lipinski definition) is 1. The Labute approximate surface area is 244 Å². The van der Waals surface area contributed by atoms with E-state index in [2.05, 4.69) is 26.3 Å². The van der Waals surface area contributed by atoms with Crippen LogP contribution in [0.25, 0.3) is 16.5 Å². The summed E-state index contributed by atoms with van der Waals surface area (Å²) in [6, 6.07) is 12.5. The van der Waals surface area contributed by atoms with Crippen LogP contribution in [0, 0.1) is 6.92 Å². The first-order chi connectivity index (χ1) is 20.2. The Morgan fingerprint density at radius 1 is 1.05 bits per heavy atom. The molecule has 0 aliphatic carbocycles. The van der Waals surface area contributed by atoms with E-state index < -0.39 is 6.04 Å². The van der Waals surface area contributed by atoms with E-state index in [0.29, 0.717) is 35.8 Å². The normalized spacial score (nSPS) is 13.8. The Morgan fingerprint density at radius 2 is 1.83 bits per heavy atom. The van der Waals surface area contributed by atoms with Crippen molar-refractivity contribution in [2.24, 2.45) is 0 Å². The molecular weight excluding hydrogens is 530 g/mol. The van der Waals surface area contributed by atoms with Crippen molar-refractivity contribution >= 4 is 40.0 Å². The van der Waals surface area contributed by atoms with Gasteiger partial charge in [-0.1, -0.05) is 12.1 Å². The quantitative estimate of drug-likeness (QED) is 0.345. The molecular formula is C32H33N7O3. The largest absolute Gasteiger partial charge is 0.339 e. The lowest BCUT2D eigenvalue weighted by molar-refractivity contribution is -0.128. The highest BCUT2D eigenvalue weighted by atomic mass is 16.2. The first-order valence-corrected chi connectivity index (χ1v) is 13.9. The van der Waals surface area contributed by atoms with Crippen LogP contribution < -0.4 is 5.32 Å². The third kappa shape index (κ3) is 6.33. The Balaban J connectivity index is 1.42. The number of amides is 3. The molecule has 1 aliphatic rings. The number of rotatable bonds is 7. The van der Waals surface area contributed by atoms with Crippen LogP contribution >= 0.6 is 0 Å². The molecule has 0 unspecified atom stereocenters. The van der Waals surface area contributed by atoms with Crippen molar-refractivity contribution in [3.63, 3.8) is 0 Å². The lowest BCUT2D eigenvalue weighted by Crippen LogP contribution is -2.34. The van der Waals surface area contributed by atoms with Crippen molar-refractivity contribution in [1.82, 2.24) is 29.7 Å². The maximum atomic E-state index is 14.0. The van der Waals surface area contributed by atoms with Crippen molar-refractivity contribution in [3.05, 3.63) is 95.3 Å². The van der Waals surface area contributed by atoms with Gasteiger partial charge in [0.2, 0.25) is 11.8 Å². The summed E-state index contributed by atoms with van der Waals surface area (Å²) < 4.78 is 0. The second kappa shape index (κ2) is 12.3. The minimum absolute atomic E-state index is 0.0765. The van der Waals surface area contributed by atoms with Crippen LogP contribution in [-0.2, 0) is 16.1 Å². The zero-order valence-electron chi connectivity index (χ0n) is 24.2. The number of aryl methyl sites for hydroxylation is 1. The summed E-state index contributed by atoms with van der Waals surface area (Å²) in [6.07, 6.45) is 8.00. The summed E-state index contributed by atoms with van der Waals surface area (Å²) in [5.41, 5.74) is 4.87. The minimum atomic E-state index is -0.420. The second-order valence-corrected chi connectivity index (χ2v) is 10.4. The van der Waals surface area contributed by atoms with Crippen molar-refractivity contribution in [2.45, 2.75) is 46.7 Å². The number of carbonyl (C=O) groups excluding carboxylic acids is 3. The predicted octanol–water partition coefficient (Wildman–Crippen LogP) is 4.73. The van der Waals surface area contributed by atoms with E-state index in [1.807, 2.05) is 49.2 Å². The number of pyridine rings is 2. The molecule has 0 saturated heterocycles. The van der Waals surface area contributed by atoms with Gasteiger partial charge in [-0.3, -0.25) is 19.4 Å². The summed E-state index contributed by atoms with van der Waals surface area (Å²) in [5, 5.41) is 3.54. The molecule has 1 N–H and O–H groups in total. The molecule has 3 amide bonds. The lowest BCUT2D eigenvalue weighted by atomic mass is 10.0. The van der Waals surface area contributed by atoms with Crippen LogP contribution in [0.5, 0.6) is 0 Å². The molecule has 4 heterocycles. The number of anilines is 1. The van der Waals surface area contributed by atoms with Crippen LogP contribution in [0.3, 0.4) is 0 Å². The van der Waals surface area contributed by atoms with Gasteiger partial charge in [-0.25, -0.2) is 15.0 Å². The van der Waals surface area contributed by atoms with Crippen molar-refractivity contribution in [3.8, 4) is 0 Å². The molecule has 1 aliphatic heterocycles. The summed E-state index contributed by atoms with van der Waals surface area (Å²) in [6.45, 7) is 8.34. The van der Waals surface area contributed by atoms with Crippen LogP contribution in [0.2, 0.25) is 0 Å². The van der Waals surface area contributed by atoms with E-state index in [4.69, 9.17) is 4.98 Å². The Hall–Kier alpha value is -4.99. The van der Waals surface area contributed by atoms with Crippen LogP contribution in [-0.4, -0.2) is 60.5 Å². The molecule has 0 radical (unpaired) electrons. The van der Waals surface area contributed by atoms with Gasteiger partial charge < -0.3 is 15.1 Å². The number of nitrogens with zero attached hydrogens (tertiary/aromatic N) is 6. The molecule has 4 aromatic rings. The van der Waals surface area contributed by atoms with E-state index in [1.165, 1.54) is 6.92 Å². The van der Waals surface area contributed by atoms with Gasteiger partial charge in [0.1, 0.15) is 11.6 Å². The molecule has 42 heavy (non-hydrogen) atoms. The highest BCUT2D eigenvalue weighted by molar-refractivity contribution is 5.99. The van der Waals surface area contributed by atoms with Gasteiger partial charge in [0.25, 0.3) is 5.91 Å². The highest BCUT2D eigenvalue weighted by Crippen LogP contribution is 2.27. The van der Waals surface area contributed by atoms with Gasteiger partial charge in [-0.2, -0.15) is 0 Å². The van der Waals surface area contributed by atoms with E-state index >= 15 is 0 Å². The first-order valence-electron chi connectivity index (χ1n) is 13.9. The van der Waals surface area contributed by atoms with Crippen LogP contribution in [0.4, 0.5) is 5.82 Å². The average molecular weight is 564 g/mol. The van der Waals surface area contributed by atoms with Crippen molar-refractivity contribution in [2.75, 3.05) is 18.4 Å². The SMILES string of the molecule is CC(=O)Nc1nc2ccc(C(=O)N(Cc3ccc(C4=CCN(C(C)=O)CC4)cn3)[C@H](C)c3ncccn3)cc2cc1C. The molecule has 5 rings (SSSR count). The zero-order valence-corrected chi connectivity index (χ0v) is 24.2. The highest BCUT2D eigenvalue weighted by Gasteiger charge is 2.26. The predicted molar refractivity (Wildman–Crippen MR) is 160 cm³/mol. The molecule has 0 saturated carbocycles. The molecule has 3 aromatic heterocycles. The molecule has 0 fully saturated rings. The number of aromatic nitrogens is 4. The van der Waals surface area contributed by atoms with E-state index in [1.54, 1.807) is 42.4 Å². The number of fused-ring (bicyclic) bond motifs is 1. The fraction of sp³-hybridized carbons (Fsp3) is 0.281. The third-order valence-corrected chi connectivity index (χ3v) is 7.42. The molecule has 10 heteroatoms. The van der Waals surface area contributed by atoms with Gasteiger partial charge >= 0.3 is 0 Å². The van der Waals surface area contributed by atoms with Crippen LogP contribution in [0.15, 0.2) is 67.1 Å². The number of carbonyl (C=O) groups is 3. The fourth-order valence-corrected chi connectivity index (χ4v) is 5.02. The zero-order chi connectivity index (χ0) is 29.8. The Kier molecular flexibility index (Phi) is 8.33. The van der Waals surface area contributed by atoms with Crippen molar-refractivity contribution in [1.29, 1.82) is 0 Å². The fourth-order valence-electron chi connectivity index (χ4n) is 5.02. The summed E-state index contributed by atoms with van der Waals surface area (Å²) >= 11 is 0. The molecule has 214 valence electrons. The smallest absolute Gasteiger partial charge is 0.254 e. The monoisotopic (exact) mass is 563 g/mol. The van der Waals surface area contributed by atoms with Gasteiger partial charge in [0.05, 0.1) is 23.8 Å². The summed E-state index contributed by atoms with van der Waals surface area (Å²) in [4.78, 5) is 58.8. The van der Waals surface area contributed by atoms with E-state index in [-0.39, 0.29) is 24.3 Å². The molecule has 10 nitrogen and oxygen atoms in total. The maximum Gasteiger partial charge on any atom is 0.254 e. The first kappa shape index (κ1) is 28.5. The molecule has 0 bridgehead atoms. The number of nitrogens with one attached hydrogen (secondary N) is 1. The molecule has 1 aromatic carbocycles. The number of hydrogen-bond acceptors (Lipinski definition) is 7. The number of benzene rings is 1. The standard InChI is InChI=1S/C32H33N7O3/c1-20-16-27-17-25(7-9-29(27)37-30(20)36-22(3)40)32(42)39(21(2)31-33-12-5-13-34-31)19-28-8-6-26(18-35-28)24-10-14-38(15-11-24)23(4)41/h5-10,12-13,16-18,21H,11,14-15,19H2,1-4H3,(H,36,37,40)/t21-/m1/s1. The topological polar surface area (TPSA) is 121 Å². The molecule has 1 atom stereocenters. The van der Waals surface area contributed by atoms with Crippen molar-refractivity contribution < 1.29 is 14.4 Å². The van der Waals surface area contributed by atoms with Gasteiger partial charge in [0.15, 0.2) is 0 Å². The second-order valence-electron chi connectivity index (χ2n) is 10.4. The average Bonchev–Trinajstić information content (AvgIpc) is 3.00. The van der Waals surface area contributed by atoms with Gasteiger partial charge in [-0.05, 0) is 73.4 Å². The Morgan fingerprint density at radius 3 is 2.48 bits per heavy atom. The van der Waals surface area contributed by atoms with E-state index in [0.717, 1.165) is 34.2 Å². The third-order valence-electron chi connectivity index (χ3n) is 7.42. The summed E-state index contributed by atoms with van der Waals surface area (Å²) in [5.74, 6) is 0.725. The Bertz CT molecular complexity index is 1670. The van der Waals surface area contributed by atoms with Gasteiger partial charge in [0, 0.05) is 56.5 Å². The van der Waals surface area contributed by atoms with Crippen LogP contribution in [0.1, 0.15) is 66.2 Å². The minimum Gasteiger partial charge on any atom is -0.339 e.